The van der Waals surface area contributed by atoms with Crippen molar-refractivity contribution < 1.29 is 9.53 Å². The van der Waals surface area contributed by atoms with E-state index in [4.69, 9.17) is 4.74 Å². The number of esters is 1. The summed E-state index contributed by atoms with van der Waals surface area (Å²) in [5.74, 6) is 0.633. The standard InChI is InChI=1S/C31H38N2O2/c1-22(2)24-12-18-28(19-13-24)33-20-26-10-7-11-29(25-14-16-27(32-3)17-15-25)30(26)31(34)35-21-23-8-5-4-6-9-23/h4-6,8-9,12-19,22,26,29-30,32-33H,7,10-11,20-21H2,1-3H3/t26-,29+,30-/m0/s1. The van der Waals surface area contributed by atoms with Gasteiger partial charge in [-0.15, -0.1) is 0 Å². The fourth-order valence-corrected chi connectivity index (χ4v) is 5.20. The van der Waals surface area contributed by atoms with E-state index in [2.05, 4.69) is 73.0 Å². The first-order valence-electron chi connectivity index (χ1n) is 12.9. The molecule has 0 aliphatic heterocycles. The minimum Gasteiger partial charge on any atom is -0.461 e. The summed E-state index contributed by atoms with van der Waals surface area (Å²) in [4.78, 5) is 13.6. The van der Waals surface area contributed by atoms with Crippen molar-refractivity contribution in [3.8, 4) is 0 Å². The average molecular weight is 471 g/mol. The van der Waals surface area contributed by atoms with Crippen LogP contribution in [0.3, 0.4) is 0 Å². The molecule has 1 saturated carbocycles. The molecule has 0 radical (unpaired) electrons. The van der Waals surface area contributed by atoms with E-state index >= 15 is 0 Å². The molecule has 4 nitrogen and oxygen atoms in total. The van der Waals surface area contributed by atoms with Crippen LogP contribution in [-0.4, -0.2) is 19.6 Å². The minimum atomic E-state index is -0.171. The van der Waals surface area contributed by atoms with E-state index in [-0.39, 0.29) is 23.7 Å². The van der Waals surface area contributed by atoms with E-state index in [1.807, 2.05) is 37.4 Å². The van der Waals surface area contributed by atoms with Crippen LogP contribution < -0.4 is 10.6 Å². The molecule has 0 bridgehead atoms. The van der Waals surface area contributed by atoms with E-state index in [0.717, 1.165) is 42.7 Å². The Morgan fingerprint density at radius 3 is 2.26 bits per heavy atom. The Hall–Kier alpha value is -3.27. The fourth-order valence-electron chi connectivity index (χ4n) is 5.20. The quantitative estimate of drug-likeness (QED) is 0.325. The normalized spacial score (nSPS) is 19.8. The van der Waals surface area contributed by atoms with Gasteiger partial charge in [0.1, 0.15) is 6.61 Å². The van der Waals surface area contributed by atoms with Gasteiger partial charge in [0.25, 0.3) is 0 Å². The molecular formula is C31H38N2O2. The highest BCUT2D eigenvalue weighted by Gasteiger charge is 2.40. The lowest BCUT2D eigenvalue weighted by Gasteiger charge is -2.37. The Morgan fingerprint density at radius 2 is 1.60 bits per heavy atom. The van der Waals surface area contributed by atoms with Crippen LogP contribution in [0.15, 0.2) is 78.9 Å². The first-order chi connectivity index (χ1) is 17.0. The van der Waals surface area contributed by atoms with Crippen molar-refractivity contribution in [2.45, 2.75) is 51.6 Å². The number of hydrogen-bond donors (Lipinski definition) is 2. The van der Waals surface area contributed by atoms with Crippen molar-refractivity contribution in [1.29, 1.82) is 0 Å². The zero-order valence-electron chi connectivity index (χ0n) is 21.2. The van der Waals surface area contributed by atoms with Crippen molar-refractivity contribution >= 4 is 17.3 Å². The highest BCUT2D eigenvalue weighted by atomic mass is 16.5. The molecule has 4 rings (SSSR count). The lowest BCUT2D eigenvalue weighted by molar-refractivity contribution is -0.154. The number of ether oxygens (including phenoxy) is 1. The molecule has 0 unspecified atom stereocenters. The third-order valence-corrected chi connectivity index (χ3v) is 7.30. The van der Waals surface area contributed by atoms with E-state index in [1.54, 1.807) is 0 Å². The van der Waals surface area contributed by atoms with E-state index in [9.17, 15) is 4.79 Å². The number of hydrogen-bond acceptors (Lipinski definition) is 4. The second kappa shape index (κ2) is 11.9. The van der Waals surface area contributed by atoms with E-state index in [0.29, 0.717) is 12.5 Å². The van der Waals surface area contributed by atoms with Gasteiger partial charge < -0.3 is 15.4 Å². The first-order valence-corrected chi connectivity index (χ1v) is 12.9. The highest BCUT2D eigenvalue weighted by molar-refractivity contribution is 5.74. The summed E-state index contributed by atoms with van der Waals surface area (Å²) in [6.45, 7) is 5.49. The molecule has 2 N–H and O–H groups in total. The summed E-state index contributed by atoms with van der Waals surface area (Å²) in [7, 11) is 1.93. The van der Waals surface area contributed by atoms with Gasteiger partial charge in [0.2, 0.25) is 0 Å². The fraction of sp³-hybridized carbons (Fsp3) is 0.387. The Balaban J connectivity index is 1.51. The predicted molar refractivity (Wildman–Crippen MR) is 145 cm³/mol. The Bertz CT molecular complexity index is 1060. The molecule has 0 aromatic heterocycles. The highest BCUT2D eigenvalue weighted by Crippen LogP contribution is 2.42. The molecule has 1 aliphatic rings. The maximum absolute atomic E-state index is 13.6. The van der Waals surface area contributed by atoms with Crippen LogP contribution in [0.2, 0.25) is 0 Å². The number of anilines is 2. The van der Waals surface area contributed by atoms with Gasteiger partial charge in [-0.2, -0.15) is 0 Å². The SMILES string of the molecule is CNc1ccc([C@H]2CCC[C@@H](CNc3ccc(C(C)C)cc3)[C@@H]2C(=O)OCc2ccccc2)cc1. The van der Waals surface area contributed by atoms with Gasteiger partial charge in [-0.3, -0.25) is 4.79 Å². The molecule has 3 atom stereocenters. The first kappa shape index (κ1) is 24.8. The van der Waals surface area contributed by atoms with Crippen LogP contribution in [-0.2, 0) is 16.1 Å². The van der Waals surface area contributed by atoms with Gasteiger partial charge >= 0.3 is 5.97 Å². The van der Waals surface area contributed by atoms with Crippen LogP contribution in [0.4, 0.5) is 11.4 Å². The van der Waals surface area contributed by atoms with Crippen molar-refractivity contribution in [2.75, 3.05) is 24.2 Å². The topological polar surface area (TPSA) is 50.4 Å². The zero-order valence-corrected chi connectivity index (χ0v) is 21.2. The van der Waals surface area contributed by atoms with Crippen molar-refractivity contribution in [3.05, 3.63) is 95.6 Å². The third kappa shape index (κ3) is 6.45. The summed E-state index contributed by atoms with van der Waals surface area (Å²) in [6, 6.07) is 27.1. The molecule has 0 saturated heterocycles. The molecule has 1 fully saturated rings. The second-order valence-corrected chi connectivity index (χ2v) is 9.95. The molecule has 4 heteroatoms. The van der Waals surface area contributed by atoms with Gasteiger partial charge in [0.15, 0.2) is 0 Å². The lowest BCUT2D eigenvalue weighted by Crippen LogP contribution is -2.38. The monoisotopic (exact) mass is 470 g/mol. The number of carbonyl (C=O) groups excluding carboxylic acids is 1. The lowest BCUT2D eigenvalue weighted by atomic mass is 9.69. The molecular weight excluding hydrogens is 432 g/mol. The predicted octanol–water partition coefficient (Wildman–Crippen LogP) is 7.21. The van der Waals surface area contributed by atoms with Gasteiger partial charge in [-0.1, -0.05) is 74.9 Å². The largest absolute Gasteiger partial charge is 0.461 e. The molecule has 35 heavy (non-hydrogen) atoms. The van der Waals surface area contributed by atoms with Gasteiger partial charge in [-0.05, 0) is 71.6 Å². The van der Waals surface area contributed by atoms with Gasteiger partial charge in [0, 0.05) is 25.0 Å². The molecule has 0 spiro atoms. The van der Waals surface area contributed by atoms with Crippen LogP contribution in [0, 0.1) is 11.8 Å². The Kier molecular flexibility index (Phi) is 8.46. The van der Waals surface area contributed by atoms with Crippen molar-refractivity contribution in [1.82, 2.24) is 0 Å². The smallest absolute Gasteiger partial charge is 0.310 e. The van der Waals surface area contributed by atoms with Gasteiger partial charge in [0.05, 0.1) is 5.92 Å². The molecule has 3 aromatic carbocycles. The van der Waals surface area contributed by atoms with Crippen LogP contribution in [0.1, 0.15) is 61.6 Å². The number of carbonyl (C=O) groups is 1. The van der Waals surface area contributed by atoms with Crippen molar-refractivity contribution in [3.63, 3.8) is 0 Å². The minimum absolute atomic E-state index is 0.0850. The molecule has 3 aromatic rings. The maximum atomic E-state index is 13.6. The summed E-state index contributed by atoms with van der Waals surface area (Å²) in [5, 5.41) is 6.80. The summed E-state index contributed by atoms with van der Waals surface area (Å²) in [6.07, 6.45) is 3.14. The van der Waals surface area contributed by atoms with Crippen LogP contribution in [0.5, 0.6) is 0 Å². The third-order valence-electron chi connectivity index (χ3n) is 7.30. The Labute approximate surface area is 210 Å². The Morgan fingerprint density at radius 1 is 0.914 bits per heavy atom. The number of benzene rings is 3. The second-order valence-electron chi connectivity index (χ2n) is 9.95. The summed E-state index contributed by atoms with van der Waals surface area (Å²) in [5.41, 5.74) is 5.76. The van der Waals surface area contributed by atoms with E-state index in [1.165, 1.54) is 11.1 Å². The molecule has 0 heterocycles. The summed E-state index contributed by atoms with van der Waals surface area (Å²) < 4.78 is 5.91. The summed E-state index contributed by atoms with van der Waals surface area (Å²) >= 11 is 0. The van der Waals surface area contributed by atoms with Gasteiger partial charge in [-0.25, -0.2) is 0 Å². The zero-order chi connectivity index (χ0) is 24.6. The molecule has 1 aliphatic carbocycles. The van der Waals surface area contributed by atoms with Crippen LogP contribution >= 0.6 is 0 Å². The number of rotatable bonds is 9. The van der Waals surface area contributed by atoms with E-state index < -0.39 is 0 Å². The average Bonchev–Trinajstić information content (AvgIpc) is 2.91. The molecule has 0 amide bonds. The van der Waals surface area contributed by atoms with Crippen LogP contribution in [0.25, 0.3) is 0 Å². The van der Waals surface area contributed by atoms with Crippen molar-refractivity contribution in [2.24, 2.45) is 11.8 Å². The molecule has 184 valence electrons. The number of nitrogens with one attached hydrogen (secondary N) is 2. The maximum Gasteiger partial charge on any atom is 0.310 e.